The van der Waals surface area contributed by atoms with Crippen molar-refractivity contribution in [1.82, 2.24) is 24.5 Å². The molecule has 13 heteroatoms. The number of alkyl halides is 3. The van der Waals surface area contributed by atoms with E-state index in [1.807, 2.05) is 24.3 Å². The van der Waals surface area contributed by atoms with Crippen LogP contribution in [0.4, 0.5) is 13.2 Å². The lowest BCUT2D eigenvalue weighted by molar-refractivity contribution is -0.183. The maximum absolute atomic E-state index is 14.1. The predicted octanol–water partition coefficient (Wildman–Crippen LogP) is 4.84. The average molecular weight is 573 g/mol. The minimum atomic E-state index is -4.45. The Morgan fingerprint density at radius 2 is 1.87 bits per heavy atom. The molecule has 206 valence electrons. The van der Waals surface area contributed by atoms with Gasteiger partial charge in [0.15, 0.2) is 11.5 Å². The Morgan fingerprint density at radius 1 is 1.08 bits per heavy atom. The van der Waals surface area contributed by atoms with Crippen molar-refractivity contribution in [2.45, 2.75) is 31.1 Å². The lowest BCUT2D eigenvalue weighted by Gasteiger charge is -2.30. The minimum absolute atomic E-state index is 0. The molecule has 1 aromatic carbocycles. The van der Waals surface area contributed by atoms with E-state index in [2.05, 4.69) is 10.2 Å². The van der Waals surface area contributed by atoms with Gasteiger partial charge in [0.25, 0.3) is 0 Å². The normalized spacial score (nSPS) is 16.8. The number of aromatic nitrogens is 4. The Kier molecular flexibility index (Phi) is 9.77. The molecule has 38 heavy (non-hydrogen) atoms. The smallest absolute Gasteiger partial charge is 0.408 e. The molecule has 0 spiro atoms. The van der Waals surface area contributed by atoms with Gasteiger partial charge in [-0.1, -0.05) is 12.1 Å². The molecule has 0 unspecified atom stereocenters. The molecular formula is C25H29Cl2F3N6O2. The number of fused-ring (bicyclic) bond motifs is 2. The van der Waals surface area contributed by atoms with Crippen LogP contribution in [0.25, 0.3) is 28.1 Å². The highest BCUT2D eigenvalue weighted by molar-refractivity contribution is 5.85. The second kappa shape index (κ2) is 12.4. The number of likely N-dealkylation sites (tertiary alicyclic amines) is 1. The Morgan fingerprint density at radius 3 is 2.58 bits per heavy atom. The number of benzene rings is 1. The van der Waals surface area contributed by atoms with Crippen molar-refractivity contribution >= 4 is 41.4 Å². The van der Waals surface area contributed by atoms with E-state index < -0.39 is 12.2 Å². The van der Waals surface area contributed by atoms with Crippen LogP contribution in [0.3, 0.4) is 0 Å². The van der Waals surface area contributed by atoms with Gasteiger partial charge in [0.05, 0.1) is 12.1 Å². The lowest BCUT2D eigenvalue weighted by atomic mass is 10.1. The fourth-order valence-electron chi connectivity index (χ4n) is 4.60. The standard InChI is InChI=1S/C25H27F3N6O2.2ClH/c1-35-11-2-12-36-19-6-3-16-4-7-20(30-21(16)13-19)24-32-31-22-8-5-17(14-34(22)24)23(25(26,27)28)33-10-9-18(29)15-33;;/h3-8,13-14,18,23H,2,9-12,15,29H2,1H3;2*1H/t18-,23+;;/m0../s1. The molecule has 5 rings (SSSR count). The molecule has 0 amide bonds. The average Bonchev–Trinajstić information content (AvgIpc) is 3.46. The summed E-state index contributed by atoms with van der Waals surface area (Å²) < 4.78 is 54.7. The highest BCUT2D eigenvalue weighted by atomic mass is 35.5. The van der Waals surface area contributed by atoms with Crippen molar-refractivity contribution in [1.29, 1.82) is 0 Å². The van der Waals surface area contributed by atoms with Gasteiger partial charge in [-0.25, -0.2) is 4.98 Å². The maximum Gasteiger partial charge on any atom is 0.408 e. The second-order valence-electron chi connectivity index (χ2n) is 8.95. The molecule has 4 heterocycles. The highest BCUT2D eigenvalue weighted by Gasteiger charge is 2.46. The molecule has 1 fully saturated rings. The third-order valence-electron chi connectivity index (χ3n) is 6.33. The zero-order chi connectivity index (χ0) is 25.3. The minimum Gasteiger partial charge on any atom is -0.493 e. The number of rotatable bonds is 8. The molecule has 2 atom stereocenters. The molecule has 0 bridgehead atoms. The fourth-order valence-corrected chi connectivity index (χ4v) is 4.60. The first-order valence-electron chi connectivity index (χ1n) is 11.8. The number of ether oxygens (including phenoxy) is 2. The lowest BCUT2D eigenvalue weighted by Crippen LogP contribution is -2.38. The Balaban J connectivity index is 0.00000200. The first-order valence-corrected chi connectivity index (χ1v) is 11.8. The zero-order valence-electron chi connectivity index (χ0n) is 20.6. The summed E-state index contributed by atoms with van der Waals surface area (Å²) in [6.45, 7) is 1.61. The van der Waals surface area contributed by atoms with Crippen molar-refractivity contribution in [3.63, 3.8) is 0 Å². The summed E-state index contributed by atoms with van der Waals surface area (Å²) in [5, 5.41) is 9.27. The van der Waals surface area contributed by atoms with Crippen LogP contribution in [-0.2, 0) is 4.74 Å². The van der Waals surface area contributed by atoms with Gasteiger partial charge < -0.3 is 15.2 Å². The third-order valence-corrected chi connectivity index (χ3v) is 6.33. The second-order valence-corrected chi connectivity index (χ2v) is 8.95. The molecule has 0 saturated carbocycles. The van der Waals surface area contributed by atoms with E-state index in [9.17, 15) is 13.2 Å². The van der Waals surface area contributed by atoms with Crippen molar-refractivity contribution < 1.29 is 22.6 Å². The fraction of sp³-hybridized carbons (Fsp3) is 0.400. The van der Waals surface area contributed by atoms with Crippen LogP contribution in [0.5, 0.6) is 5.75 Å². The summed E-state index contributed by atoms with van der Waals surface area (Å²) in [5.74, 6) is 1.03. The van der Waals surface area contributed by atoms with Gasteiger partial charge in [-0.05, 0) is 36.2 Å². The van der Waals surface area contributed by atoms with E-state index in [-0.39, 0.29) is 43.0 Å². The van der Waals surface area contributed by atoms with Crippen molar-refractivity contribution in [2.75, 3.05) is 33.4 Å². The summed E-state index contributed by atoms with van der Waals surface area (Å²) in [4.78, 5) is 6.09. The molecule has 1 aliphatic rings. The monoisotopic (exact) mass is 572 g/mol. The molecule has 8 nitrogen and oxygen atoms in total. The summed E-state index contributed by atoms with van der Waals surface area (Å²) in [7, 11) is 1.64. The number of hydrogen-bond donors (Lipinski definition) is 1. The molecule has 0 aliphatic carbocycles. The quantitative estimate of drug-likeness (QED) is 0.302. The molecule has 2 N–H and O–H groups in total. The van der Waals surface area contributed by atoms with Gasteiger partial charge >= 0.3 is 6.18 Å². The Hall–Kier alpha value is -2.70. The van der Waals surface area contributed by atoms with E-state index in [4.69, 9.17) is 20.2 Å². The third kappa shape index (κ3) is 6.29. The Bertz CT molecular complexity index is 1370. The van der Waals surface area contributed by atoms with E-state index in [1.165, 1.54) is 17.2 Å². The van der Waals surface area contributed by atoms with Gasteiger partial charge in [-0.2, -0.15) is 13.2 Å². The first-order chi connectivity index (χ1) is 17.3. The van der Waals surface area contributed by atoms with Gasteiger partial charge in [0.1, 0.15) is 17.5 Å². The summed E-state index contributed by atoms with van der Waals surface area (Å²) in [6, 6.07) is 10.3. The van der Waals surface area contributed by atoms with Crippen molar-refractivity contribution in [3.8, 4) is 17.3 Å². The zero-order valence-corrected chi connectivity index (χ0v) is 22.2. The van der Waals surface area contributed by atoms with E-state index in [0.29, 0.717) is 54.6 Å². The molecule has 1 aliphatic heterocycles. The number of hydrogen-bond acceptors (Lipinski definition) is 7. The SMILES string of the molecule is COCCCOc1ccc2ccc(-c3nnc4ccc([C@@H](N5CC[C@H](N)C5)C(F)(F)F)cn34)nc2c1.Cl.Cl. The molecule has 3 aromatic heterocycles. The molecule has 0 radical (unpaired) electrons. The predicted molar refractivity (Wildman–Crippen MR) is 143 cm³/mol. The summed E-state index contributed by atoms with van der Waals surface area (Å²) in [6.07, 6.45) is -1.70. The van der Waals surface area contributed by atoms with Crippen LogP contribution >= 0.6 is 24.8 Å². The molecular weight excluding hydrogens is 544 g/mol. The van der Waals surface area contributed by atoms with Gasteiger partial charge in [-0.15, -0.1) is 35.0 Å². The van der Waals surface area contributed by atoms with Crippen molar-refractivity contribution in [3.05, 3.63) is 54.2 Å². The van der Waals surface area contributed by atoms with Crippen molar-refractivity contribution in [2.24, 2.45) is 5.73 Å². The van der Waals surface area contributed by atoms with Crippen LogP contribution in [0, 0.1) is 0 Å². The van der Waals surface area contributed by atoms with Crippen LogP contribution in [-0.4, -0.2) is 70.1 Å². The topological polar surface area (TPSA) is 90.8 Å². The number of nitrogens with zero attached hydrogens (tertiary/aromatic N) is 5. The largest absolute Gasteiger partial charge is 0.493 e. The number of halogens is 5. The highest BCUT2D eigenvalue weighted by Crippen LogP contribution is 2.39. The number of nitrogens with two attached hydrogens (primary N) is 1. The van der Waals surface area contributed by atoms with E-state index >= 15 is 0 Å². The first kappa shape index (κ1) is 29.9. The van der Waals surface area contributed by atoms with Crippen LogP contribution in [0.1, 0.15) is 24.4 Å². The van der Waals surface area contributed by atoms with Gasteiger partial charge in [-0.3, -0.25) is 9.30 Å². The summed E-state index contributed by atoms with van der Waals surface area (Å²) >= 11 is 0. The van der Waals surface area contributed by atoms with Crippen LogP contribution in [0.15, 0.2) is 48.7 Å². The van der Waals surface area contributed by atoms with Crippen LogP contribution < -0.4 is 10.5 Å². The van der Waals surface area contributed by atoms with E-state index in [1.54, 1.807) is 23.6 Å². The van der Waals surface area contributed by atoms with Gasteiger partial charge in [0.2, 0.25) is 0 Å². The van der Waals surface area contributed by atoms with Crippen LogP contribution in [0.2, 0.25) is 0 Å². The van der Waals surface area contributed by atoms with E-state index in [0.717, 1.165) is 11.8 Å². The Labute approximate surface area is 230 Å². The summed E-state index contributed by atoms with van der Waals surface area (Å²) in [5.41, 5.74) is 7.62. The number of pyridine rings is 2. The van der Waals surface area contributed by atoms with Gasteiger partial charge in [0, 0.05) is 56.9 Å². The number of methoxy groups -OCH3 is 1. The molecule has 1 saturated heterocycles. The maximum atomic E-state index is 14.1. The molecule has 4 aromatic rings.